The molecule has 1 N–H and O–H groups in total. The summed E-state index contributed by atoms with van der Waals surface area (Å²) in [7, 11) is 0. The highest BCUT2D eigenvalue weighted by Crippen LogP contribution is 2.34. The molecule has 0 fully saturated rings. The highest BCUT2D eigenvalue weighted by molar-refractivity contribution is 5.89. The number of aromatic hydroxyl groups is 1. The monoisotopic (exact) mass is 264 g/mol. The maximum atomic E-state index is 9.37. The number of allylic oxidation sites excluding steroid dienone is 1. The van der Waals surface area contributed by atoms with Gasteiger partial charge in [-0.05, 0) is 55.8 Å². The lowest BCUT2D eigenvalue weighted by molar-refractivity contribution is 0.475. The van der Waals surface area contributed by atoms with Crippen LogP contribution >= 0.6 is 0 Å². The van der Waals surface area contributed by atoms with Gasteiger partial charge in [0.15, 0.2) is 0 Å². The van der Waals surface area contributed by atoms with E-state index in [-0.39, 0.29) is 5.75 Å². The molecule has 0 spiro atoms. The van der Waals surface area contributed by atoms with Crippen LogP contribution < -0.4 is 0 Å². The summed E-state index contributed by atoms with van der Waals surface area (Å²) in [6, 6.07) is 13.3. The van der Waals surface area contributed by atoms with E-state index >= 15 is 0 Å². The van der Waals surface area contributed by atoms with E-state index in [4.69, 9.17) is 4.42 Å². The van der Waals surface area contributed by atoms with Crippen LogP contribution in [0.3, 0.4) is 0 Å². The molecule has 0 aliphatic carbocycles. The Balaban J connectivity index is 2.17. The van der Waals surface area contributed by atoms with Crippen molar-refractivity contribution in [1.29, 1.82) is 0 Å². The molecule has 0 aliphatic rings. The Labute approximate surface area is 118 Å². The fourth-order valence-electron chi connectivity index (χ4n) is 2.42. The fourth-order valence-corrected chi connectivity index (χ4v) is 2.42. The number of fused-ring (bicyclic) bond motifs is 1. The molecule has 1 aromatic heterocycles. The molecule has 100 valence electrons. The maximum absolute atomic E-state index is 9.37. The molecule has 2 heteroatoms. The largest absolute Gasteiger partial charge is 0.508 e. The molecule has 2 aromatic carbocycles. The summed E-state index contributed by atoms with van der Waals surface area (Å²) in [5.41, 5.74) is 4.15. The molecular formula is C18H16O2. The van der Waals surface area contributed by atoms with E-state index < -0.39 is 0 Å². The smallest absolute Gasteiger partial charge is 0.138 e. The SMILES string of the molecule is CC=Cc1ccc2oc(-c3ccc(O)cc3)c(C)c2c1. The Hall–Kier alpha value is -2.48. The lowest BCUT2D eigenvalue weighted by Crippen LogP contribution is -1.77. The summed E-state index contributed by atoms with van der Waals surface area (Å²) in [5, 5.41) is 10.5. The molecule has 3 rings (SSSR count). The molecule has 2 nitrogen and oxygen atoms in total. The van der Waals surface area contributed by atoms with E-state index in [2.05, 4.69) is 19.1 Å². The van der Waals surface area contributed by atoms with Gasteiger partial charge in [0.2, 0.25) is 0 Å². The lowest BCUT2D eigenvalue weighted by atomic mass is 10.0. The van der Waals surface area contributed by atoms with E-state index in [1.54, 1.807) is 12.1 Å². The summed E-state index contributed by atoms with van der Waals surface area (Å²) in [6.07, 6.45) is 4.10. The van der Waals surface area contributed by atoms with Gasteiger partial charge < -0.3 is 9.52 Å². The van der Waals surface area contributed by atoms with Crippen molar-refractivity contribution in [1.82, 2.24) is 0 Å². The number of hydrogen-bond donors (Lipinski definition) is 1. The van der Waals surface area contributed by atoms with E-state index in [9.17, 15) is 5.11 Å². The molecule has 1 heterocycles. The van der Waals surface area contributed by atoms with E-state index in [1.165, 1.54) is 5.56 Å². The summed E-state index contributed by atoms with van der Waals surface area (Å²) < 4.78 is 5.95. The molecular weight excluding hydrogens is 248 g/mol. The van der Waals surface area contributed by atoms with E-state index in [1.807, 2.05) is 37.3 Å². The lowest BCUT2D eigenvalue weighted by Gasteiger charge is -1.98. The van der Waals surface area contributed by atoms with Crippen LogP contribution in [0, 0.1) is 6.92 Å². The summed E-state index contributed by atoms with van der Waals surface area (Å²) in [4.78, 5) is 0. The number of phenolic OH excluding ortho intramolecular Hbond substituents is 1. The van der Waals surface area contributed by atoms with Crippen molar-refractivity contribution in [3.8, 4) is 17.1 Å². The van der Waals surface area contributed by atoms with Gasteiger partial charge in [-0.3, -0.25) is 0 Å². The Kier molecular flexibility index (Phi) is 3.07. The third kappa shape index (κ3) is 2.10. The Bertz CT molecular complexity index is 777. The number of rotatable bonds is 2. The van der Waals surface area contributed by atoms with Gasteiger partial charge in [-0.25, -0.2) is 0 Å². The highest BCUT2D eigenvalue weighted by Gasteiger charge is 2.12. The van der Waals surface area contributed by atoms with Gasteiger partial charge in [0.05, 0.1) is 0 Å². The summed E-state index contributed by atoms with van der Waals surface area (Å²) in [5.74, 6) is 1.12. The number of benzene rings is 2. The molecule has 0 saturated carbocycles. The average molecular weight is 264 g/mol. The zero-order chi connectivity index (χ0) is 14.1. The topological polar surface area (TPSA) is 33.4 Å². The highest BCUT2D eigenvalue weighted by atomic mass is 16.3. The standard InChI is InChI=1S/C18H16O2/c1-3-4-13-5-10-17-16(11-13)12(2)18(20-17)14-6-8-15(19)9-7-14/h3-11,19H,1-2H3. The predicted octanol–water partition coefficient (Wildman–Crippen LogP) is 5.15. The molecule has 3 aromatic rings. The molecule has 0 saturated heterocycles. The van der Waals surface area contributed by atoms with Crippen molar-refractivity contribution < 1.29 is 9.52 Å². The van der Waals surface area contributed by atoms with E-state index in [0.717, 1.165) is 27.9 Å². The minimum Gasteiger partial charge on any atom is -0.508 e. The van der Waals surface area contributed by atoms with Gasteiger partial charge in [-0.15, -0.1) is 0 Å². The van der Waals surface area contributed by atoms with Crippen molar-refractivity contribution in [2.45, 2.75) is 13.8 Å². The number of hydrogen-bond acceptors (Lipinski definition) is 2. The molecule has 0 unspecified atom stereocenters. The van der Waals surface area contributed by atoms with Crippen LogP contribution in [-0.4, -0.2) is 5.11 Å². The first-order valence-corrected chi connectivity index (χ1v) is 6.64. The van der Waals surface area contributed by atoms with E-state index in [0.29, 0.717) is 0 Å². The minimum atomic E-state index is 0.262. The second kappa shape index (κ2) is 4.89. The van der Waals surface area contributed by atoms with Crippen LogP contribution in [0.15, 0.2) is 53.0 Å². The van der Waals surface area contributed by atoms with Crippen LogP contribution in [0.5, 0.6) is 5.75 Å². The van der Waals surface area contributed by atoms with Crippen LogP contribution in [-0.2, 0) is 0 Å². The summed E-state index contributed by atoms with van der Waals surface area (Å²) in [6.45, 7) is 4.07. The van der Waals surface area contributed by atoms with Crippen molar-refractivity contribution in [3.63, 3.8) is 0 Å². The zero-order valence-electron chi connectivity index (χ0n) is 11.6. The van der Waals surface area contributed by atoms with Crippen LogP contribution in [0.1, 0.15) is 18.1 Å². The molecule has 0 atom stereocenters. The van der Waals surface area contributed by atoms with Crippen LogP contribution in [0.2, 0.25) is 0 Å². The third-order valence-electron chi connectivity index (χ3n) is 3.45. The Morgan fingerprint density at radius 2 is 1.80 bits per heavy atom. The van der Waals surface area contributed by atoms with Gasteiger partial charge in [0.1, 0.15) is 17.1 Å². The third-order valence-corrected chi connectivity index (χ3v) is 3.45. The fraction of sp³-hybridized carbons (Fsp3) is 0.111. The molecule has 0 amide bonds. The van der Waals surface area contributed by atoms with Crippen LogP contribution in [0.4, 0.5) is 0 Å². The average Bonchev–Trinajstić information content (AvgIpc) is 2.78. The molecule has 0 aliphatic heterocycles. The second-order valence-corrected chi connectivity index (χ2v) is 4.86. The molecule has 0 radical (unpaired) electrons. The Morgan fingerprint density at radius 1 is 1.05 bits per heavy atom. The number of furan rings is 1. The predicted molar refractivity (Wildman–Crippen MR) is 82.8 cm³/mol. The molecule has 20 heavy (non-hydrogen) atoms. The van der Waals surface area contributed by atoms with Crippen molar-refractivity contribution in [2.24, 2.45) is 0 Å². The second-order valence-electron chi connectivity index (χ2n) is 4.86. The van der Waals surface area contributed by atoms with Gasteiger partial charge in [0.25, 0.3) is 0 Å². The first-order chi connectivity index (χ1) is 9.69. The number of phenols is 1. The van der Waals surface area contributed by atoms with Crippen molar-refractivity contribution in [2.75, 3.05) is 0 Å². The normalized spacial score (nSPS) is 11.5. The first kappa shape index (κ1) is 12.5. The quantitative estimate of drug-likeness (QED) is 0.694. The first-order valence-electron chi connectivity index (χ1n) is 6.64. The van der Waals surface area contributed by atoms with Crippen molar-refractivity contribution >= 4 is 17.0 Å². The summed E-state index contributed by atoms with van der Waals surface area (Å²) >= 11 is 0. The number of aryl methyl sites for hydroxylation is 1. The van der Waals surface area contributed by atoms with Crippen LogP contribution in [0.25, 0.3) is 28.4 Å². The van der Waals surface area contributed by atoms with Gasteiger partial charge in [0, 0.05) is 16.5 Å². The maximum Gasteiger partial charge on any atom is 0.138 e. The van der Waals surface area contributed by atoms with Gasteiger partial charge in [-0.2, -0.15) is 0 Å². The Morgan fingerprint density at radius 3 is 2.50 bits per heavy atom. The van der Waals surface area contributed by atoms with Crippen molar-refractivity contribution in [3.05, 3.63) is 59.7 Å². The molecule has 0 bridgehead atoms. The van der Waals surface area contributed by atoms with Gasteiger partial charge in [-0.1, -0.05) is 18.2 Å². The minimum absolute atomic E-state index is 0.262. The zero-order valence-corrected chi connectivity index (χ0v) is 11.6. The van der Waals surface area contributed by atoms with Gasteiger partial charge >= 0.3 is 0 Å².